The Morgan fingerprint density at radius 1 is 1.45 bits per heavy atom. The minimum Gasteiger partial charge on any atom is -0.303 e. The average Bonchev–Trinajstić information content (AvgIpc) is 2.67. The maximum Gasteiger partial charge on any atom is 0.469 e. The number of amides is 1. The molecule has 0 aromatic carbocycles. The lowest BCUT2D eigenvalue weighted by atomic mass is 10.5. The van der Waals surface area contributed by atoms with E-state index < -0.39 is 17.8 Å². The summed E-state index contributed by atoms with van der Waals surface area (Å²) in [4.78, 5) is 31.8. The number of hydrogen-bond donors (Lipinski definition) is 4. The topological polar surface area (TPSA) is 155 Å². The van der Waals surface area contributed by atoms with Gasteiger partial charge in [-0.1, -0.05) is 11.3 Å². The second-order valence-electron chi connectivity index (χ2n) is 4.15. The third-order valence-corrected chi connectivity index (χ3v) is 5.82. The lowest BCUT2D eigenvalue weighted by Gasteiger charge is -2.06. The first-order valence-corrected chi connectivity index (χ1v) is 9.79. The van der Waals surface area contributed by atoms with Gasteiger partial charge in [-0.15, -0.1) is 0 Å². The van der Waals surface area contributed by atoms with Gasteiger partial charge in [-0.2, -0.15) is 0 Å². The van der Waals surface area contributed by atoms with Crippen molar-refractivity contribution in [3.8, 4) is 0 Å². The van der Waals surface area contributed by atoms with Crippen LogP contribution in [0.1, 0.15) is 19.0 Å². The van der Waals surface area contributed by atoms with Gasteiger partial charge in [0.1, 0.15) is 0 Å². The lowest BCUT2D eigenvalue weighted by Crippen LogP contribution is -2.25. The molecular weight excluding hydrogens is 357 g/mol. The van der Waals surface area contributed by atoms with E-state index in [-0.39, 0.29) is 40.5 Å². The van der Waals surface area contributed by atoms with Crippen LogP contribution >= 0.6 is 19.2 Å². The maximum atomic E-state index is 12.1. The molecule has 0 saturated carbocycles. The molecule has 1 amide bonds. The summed E-state index contributed by atoms with van der Waals surface area (Å²) in [6, 6.07) is 0. The first-order valence-electron chi connectivity index (χ1n) is 5.96. The highest BCUT2D eigenvalue weighted by molar-refractivity contribution is 7.91. The van der Waals surface area contributed by atoms with Gasteiger partial charge in [0.15, 0.2) is 9.34 Å². The zero-order valence-corrected chi connectivity index (χ0v) is 14.3. The molecule has 0 unspecified atom stereocenters. The summed E-state index contributed by atoms with van der Waals surface area (Å²) in [6.07, 6.45) is 0.0841. The molecule has 22 heavy (non-hydrogen) atoms. The van der Waals surface area contributed by atoms with E-state index in [4.69, 9.17) is 9.79 Å². The highest BCUT2D eigenvalue weighted by Gasteiger charge is 2.22. The van der Waals surface area contributed by atoms with Gasteiger partial charge in [-0.25, -0.2) is 22.7 Å². The average molecular weight is 373 g/mol. The lowest BCUT2D eigenvalue weighted by molar-refractivity contribution is -0.114. The molecule has 4 N–H and O–H groups in total. The minimum absolute atomic E-state index is 0.0350. The van der Waals surface area contributed by atoms with E-state index in [0.717, 1.165) is 11.3 Å². The van der Waals surface area contributed by atoms with E-state index >= 15 is 0 Å². The summed E-state index contributed by atoms with van der Waals surface area (Å²) in [5.41, 5.74) is 0.243. The molecule has 1 aromatic heterocycles. The Morgan fingerprint density at radius 3 is 2.64 bits per heavy atom. The molecule has 10 nitrogen and oxygen atoms in total. The summed E-state index contributed by atoms with van der Waals surface area (Å²) in [7, 11) is -8.36. The Labute approximate surface area is 131 Å². The van der Waals surface area contributed by atoms with Crippen molar-refractivity contribution in [2.24, 2.45) is 0 Å². The standard InChI is InChI=1S/C9H16N3O7PS2/c1-6-8(21-9(11-6)12-7(2)13)22(17,18)10-4-3-5-19-20(14,15)16/h10H,3-5H2,1-2H3,(H,11,12,13)(H2,14,15,16). The maximum absolute atomic E-state index is 12.1. The molecule has 126 valence electrons. The fourth-order valence-corrected chi connectivity index (χ4v) is 4.31. The number of nitrogens with one attached hydrogen (secondary N) is 2. The van der Waals surface area contributed by atoms with Crippen molar-refractivity contribution < 1.29 is 32.1 Å². The number of rotatable bonds is 8. The molecule has 0 atom stereocenters. The highest BCUT2D eigenvalue weighted by atomic mass is 32.2. The van der Waals surface area contributed by atoms with Crippen molar-refractivity contribution in [1.82, 2.24) is 9.71 Å². The molecule has 1 rings (SSSR count). The molecule has 0 bridgehead atoms. The molecule has 0 saturated heterocycles. The third-order valence-electron chi connectivity index (χ3n) is 2.15. The van der Waals surface area contributed by atoms with Gasteiger partial charge in [-0.05, 0) is 13.3 Å². The van der Waals surface area contributed by atoms with Crippen molar-refractivity contribution >= 4 is 40.2 Å². The molecule has 1 aromatic rings. The molecule has 0 aliphatic rings. The Bertz CT molecular complexity index is 681. The summed E-state index contributed by atoms with van der Waals surface area (Å²) < 4.78 is 41.0. The van der Waals surface area contributed by atoms with Gasteiger partial charge in [0.05, 0.1) is 12.3 Å². The van der Waals surface area contributed by atoms with E-state index in [1.54, 1.807) is 0 Å². The van der Waals surface area contributed by atoms with Gasteiger partial charge in [0, 0.05) is 13.5 Å². The predicted octanol–water partition coefficient (Wildman–Crippen LogP) is 0.188. The summed E-state index contributed by atoms with van der Waals surface area (Å²) in [6.45, 7) is 2.43. The van der Waals surface area contributed by atoms with Crippen molar-refractivity contribution in [1.29, 1.82) is 0 Å². The number of phosphoric acid groups is 1. The van der Waals surface area contributed by atoms with Crippen LogP contribution in [0.4, 0.5) is 5.13 Å². The van der Waals surface area contributed by atoms with Gasteiger partial charge in [0.2, 0.25) is 5.91 Å². The fraction of sp³-hybridized carbons (Fsp3) is 0.556. The Hall–Kier alpha value is -0.880. The minimum atomic E-state index is -4.55. The van der Waals surface area contributed by atoms with Crippen LogP contribution in [0.25, 0.3) is 0 Å². The van der Waals surface area contributed by atoms with E-state index in [0.29, 0.717) is 0 Å². The largest absolute Gasteiger partial charge is 0.469 e. The molecule has 0 aliphatic heterocycles. The van der Waals surface area contributed by atoms with Crippen LogP contribution in [0.3, 0.4) is 0 Å². The highest BCUT2D eigenvalue weighted by Crippen LogP contribution is 2.35. The monoisotopic (exact) mass is 373 g/mol. The fourth-order valence-electron chi connectivity index (χ4n) is 1.36. The molecule has 0 fully saturated rings. The molecule has 0 spiro atoms. The smallest absolute Gasteiger partial charge is 0.303 e. The second kappa shape index (κ2) is 7.59. The Kier molecular flexibility index (Phi) is 6.62. The zero-order chi connectivity index (χ0) is 17.0. The van der Waals surface area contributed by atoms with Crippen LogP contribution < -0.4 is 10.0 Å². The number of sulfonamides is 1. The second-order valence-corrected chi connectivity index (χ2v) is 8.35. The van der Waals surface area contributed by atoms with Crippen molar-refractivity contribution in [3.63, 3.8) is 0 Å². The third kappa shape index (κ3) is 6.48. The first-order chi connectivity index (χ1) is 10.0. The SMILES string of the molecule is CC(=O)Nc1nc(C)c(S(=O)(=O)NCCCOP(=O)(O)O)s1. The van der Waals surface area contributed by atoms with Crippen LogP contribution in [0, 0.1) is 6.92 Å². The predicted molar refractivity (Wildman–Crippen MR) is 79.0 cm³/mol. The quantitative estimate of drug-likeness (QED) is 0.372. The van der Waals surface area contributed by atoms with E-state index in [9.17, 15) is 17.8 Å². The number of aromatic nitrogens is 1. The number of thiazole rings is 1. The summed E-state index contributed by atoms with van der Waals surface area (Å²) >= 11 is 0.814. The molecule has 0 radical (unpaired) electrons. The normalized spacial score (nSPS) is 12.4. The number of carbonyl (C=O) groups excluding carboxylic acids is 1. The van der Waals surface area contributed by atoms with E-state index in [2.05, 4.69) is 19.5 Å². The van der Waals surface area contributed by atoms with Crippen molar-refractivity contribution in [3.05, 3.63) is 5.69 Å². The molecular formula is C9H16N3O7PS2. The van der Waals surface area contributed by atoms with Crippen LogP contribution in [-0.4, -0.2) is 42.2 Å². The summed E-state index contributed by atoms with van der Waals surface area (Å²) in [5.74, 6) is -0.361. The number of aryl methyl sites for hydroxylation is 1. The first kappa shape index (κ1) is 19.2. The van der Waals surface area contributed by atoms with Gasteiger partial charge in [-0.3, -0.25) is 9.32 Å². The van der Waals surface area contributed by atoms with Crippen molar-refractivity contribution in [2.45, 2.75) is 24.5 Å². The summed E-state index contributed by atoms with van der Waals surface area (Å²) in [5, 5.41) is 2.58. The Balaban J connectivity index is 2.61. The van der Waals surface area contributed by atoms with Gasteiger partial charge < -0.3 is 15.1 Å². The van der Waals surface area contributed by atoms with Crippen LogP contribution in [-0.2, 0) is 23.9 Å². The van der Waals surface area contributed by atoms with Gasteiger partial charge in [0.25, 0.3) is 10.0 Å². The molecule has 13 heteroatoms. The number of phosphoric ester groups is 1. The molecule has 1 heterocycles. The zero-order valence-electron chi connectivity index (χ0n) is 11.8. The number of carbonyl (C=O) groups is 1. The van der Waals surface area contributed by atoms with Crippen LogP contribution in [0.2, 0.25) is 0 Å². The van der Waals surface area contributed by atoms with E-state index in [1.165, 1.54) is 13.8 Å². The number of nitrogens with zero attached hydrogens (tertiary/aromatic N) is 1. The van der Waals surface area contributed by atoms with Crippen LogP contribution in [0.15, 0.2) is 4.21 Å². The van der Waals surface area contributed by atoms with E-state index in [1.807, 2.05) is 0 Å². The van der Waals surface area contributed by atoms with Crippen LogP contribution in [0.5, 0.6) is 0 Å². The number of hydrogen-bond acceptors (Lipinski definition) is 7. The van der Waals surface area contributed by atoms with Crippen molar-refractivity contribution in [2.75, 3.05) is 18.5 Å². The van der Waals surface area contributed by atoms with Gasteiger partial charge >= 0.3 is 7.82 Å². The Morgan fingerprint density at radius 2 is 2.09 bits per heavy atom. The number of anilines is 1. The molecule has 0 aliphatic carbocycles.